The number of para-hydroxylation sites is 2. The molecule has 0 spiro atoms. The maximum absolute atomic E-state index is 12.4. The number of benzene rings is 2. The van der Waals surface area contributed by atoms with Crippen LogP contribution in [0.2, 0.25) is 0 Å². The molecule has 2 aromatic carbocycles. The highest BCUT2D eigenvalue weighted by atomic mass is 32.2. The molecule has 33 heavy (non-hydrogen) atoms. The van der Waals surface area contributed by atoms with E-state index in [0.717, 1.165) is 44.4 Å². The van der Waals surface area contributed by atoms with E-state index >= 15 is 0 Å². The van der Waals surface area contributed by atoms with Crippen LogP contribution in [0.4, 0.5) is 0 Å². The van der Waals surface area contributed by atoms with Gasteiger partial charge in [0.05, 0.1) is 11.4 Å². The van der Waals surface area contributed by atoms with Crippen molar-refractivity contribution in [1.82, 2.24) is 29.1 Å². The third kappa shape index (κ3) is 3.46. The van der Waals surface area contributed by atoms with Gasteiger partial charge >= 0.3 is 0 Å². The summed E-state index contributed by atoms with van der Waals surface area (Å²) >= 11 is 2.97. The number of hydrogen-bond donors (Lipinski definition) is 1. The van der Waals surface area contributed by atoms with Gasteiger partial charge in [-0.05, 0) is 24.6 Å². The zero-order valence-corrected chi connectivity index (χ0v) is 19.2. The van der Waals surface area contributed by atoms with Gasteiger partial charge in [-0.15, -0.1) is 21.5 Å². The lowest BCUT2D eigenvalue weighted by Gasteiger charge is -2.12. The lowest BCUT2D eigenvalue weighted by atomic mass is 10.1. The van der Waals surface area contributed by atoms with Gasteiger partial charge in [0.2, 0.25) is 0 Å². The van der Waals surface area contributed by atoms with E-state index in [-0.39, 0.29) is 5.56 Å². The van der Waals surface area contributed by atoms with Gasteiger partial charge in [0, 0.05) is 46.1 Å². The van der Waals surface area contributed by atoms with Crippen molar-refractivity contribution in [2.45, 2.75) is 17.8 Å². The summed E-state index contributed by atoms with van der Waals surface area (Å²) in [6.45, 7) is 2.08. The molecule has 6 aromatic rings. The molecule has 4 aromatic heterocycles. The molecule has 4 heterocycles. The molecule has 0 saturated heterocycles. The number of nitrogens with zero attached hydrogens (tertiary/aromatic N) is 5. The highest BCUT2D eigenvalue weighted by Crippen LogP contribution is 2.34. The fraction of sp³-hybridized carbons (Fsp3) is 0.0833. The molecule has 6 rings (SSSR count). The van der Waals surface area contributed by atoms with Crippen molar-refractivity contribution in [2.75, 3.05) is 0 Å². The molecule has 0 aliphatic rings. The maximum atomic E-state index is 12.4. The molecule has 0 aliphatic heterocycles. The highest BCUT2D eigenvalue weighted by Gasteiger charge is 2.20. The van der Waals surface area contributed by atoms with Crippen molar-refractivity contribution in [3.63, 3.8) is 0 Å². The molecule has 0 unspecified atom stereocenters. The molecule has 0 amide bonds. The Bertz CT molecular complexity index is 1680. The summed E-state index contributed by atoms with van der Waals surface area (Å²) in [5, 5.41) is 12.8. The predicted octanol–water partition coefficient (Wildman–Crippen LogP) is 5.09. The first-order chi connectivity index (χ1) is 16.2. The fourth-order valence-electron chi connectivity index (χ4n) is 3.93. The minimum Gasteiger partial charge on any atom is -0.360 e. The number of aromatic nitrogens is 6. The van der Waals surface area contributed by atoms with Crippen molar-refractivity contribution in [1.29, 1.82) is 0 Å². The summed E-state index contributed by atoms with van der Waals surface area (Å²) in [5.74, 6) is 1.28. The van der Waals surface area contributed by atoms with E-state index in [1.165, 1.54) is 23.1 Å². The molecule has 0 bridgehead atoms. The van der Waals surface area contributed by atoms with Crippen LogP contribution in [-0.2, 0) is 5.75 Å². The third-order valence-electron chi connectivity index (χ3n) is 5.53. The number of thioether (sulfide) groups is 1. The molecule has 162 valence electrons. The number of hydrogen-bond acceptors (Lipinski definition) is 6. The third-order valence-corrected chi connectivity index (χ3v) is 7.24. The van der Waals surface area contributed by atoms with E-state index in [1.807, 2.05) is 41.9 Å². The van der Waals surface area contributed by atoms with Crippen molar-refractivity contribution in [2.24, 2.45) is 0 Å². The Morgan fingerprint density at radius 3 is 2.85 bits per heavy atom. The van der Waals surface area contributed by atoms with Crippen molar-refractivity contribution in [3.05, 3.63) is 94.0 Å². The van der Waals surface area contributed by atoms with Crippen LogP contribution in [0, 0.1) is 6.92 Å². The van der Waals surface area contributed by atoms with Gasteiger partial charge in [-0.25, -0.2) is 4.98 Å². The summed E-state index contributed by atoms with van der Waals surface area (Å²) in [6, 6.07) is 17.9. The quantitative estimate of drug-likeness (QED) is 0.355. The van der Waals surface area contributed by atoms with Crippen molar-refractivity contribution >= 4 is 39.0 Å². The van der Waals surface area contributed by atoms with Gasteiger partial charge in [0.25, 0.3) is 5.56 Å². The van der Waals surface area contributed by atoms with Crippen LogP contribution in [0.25, 0.3) is 32.9 Å². The summed E-state index contributed by atoms with van der Waals surface area (Å²) in [6.07, 6.45) is 3.72. The lowest BCUT2D eigenvalue weighted by Crippen LogP contribution is -2.12. The Hall–Kier alpha value is -3.69. The zero-order valence-electron chi connectivity index (χ0n) is 17.6. The van der Waals surface area contributed by atoms with Crippen LogP contribution in [0.15, 0.2) is 82.3 Å². The van der Waals surface area contributed by atoms with Crippen LogP contribution >= 0.6 is 23.1 Å². The van der Waals surface area contributed by atoms with E-state index in [2.05, 4.69) is 49.9 Å². The largest absolute Gasteiger partial charge is 0.360 e. The number of nitrogens with one attached hydrogen (secondary N) is 1. The van der Waals surface area contributed by atoms with Crippen LogP contribution in [0.3, 0.4) is 0 Å². The second-order valence-corrected chi connectivity index (χ2v) is 9.42. The average Bonchev–Trinajstić information content (AvgIpc) is 3.56. The van der Waals surface area contributed by atoms with Crippen LogP contribution in [0.1, 0.15) is 11.3 Å². The molecule has 0 aliphatic carbocycles. The number of fused-ring (bicyclic) bond motifs is 2. The lowest BCUT2D eigenvalue weighted by molar-refractivity contribution is 0.879. The SMILES string of the molecule is Cc1ccccc1-n1c(SCc2cc(=O)n3ccsc3n2)nnc1-c1c[nH]c2ccccc12. The molecule has 7 nitrogen and oxygen atoms in total. The Morgan fingerprint density at radius 2 is 1.94 bits per heavy atom. The predicted molar refractivity (Wildman–Crippen MR) is 132 cm³/mol. The number of aryl methyl sites for hydroxylation is 1. The van der Waals surface area contributed by atoms with Gasteiger partial charge in [-0.3, -0.25) is 13.8 Å². The zero-order chi connectivity index (χ0) is 22.4. The molecule has 0 atom stereocenters. The Balaban J connectivity index is 1.45. The number of rotatable bonds is 5. The fourth-order valence-corrected chi connectivity index (χ4v) is 5.50. The van der Waals surface area contributed by atoms with E-state index in [1.54, 1.807) is 16.7 Å². The average molecular weight is 471 g/mol. The topological polar surface area (TPSA) is 80.9 Å². The molecule has 0 fully saturated rings. The monoisotopic (exact) mass is 470 g/mol. The highest BCUT2D eigenvalue weighted by molar-refractivity contribution is 7.98. The number of H-pyrrole nitrogens is 1. The molecule has 0 saturated carbocycles. The standard InChI is InChI=1S/C24H18N6OS2/c1-15-6-2-5-9-20(15)30-22(18-13-25-19-8-4-3-7-17(18)19)27-28-24(30)33-14-16-12-21(31)29-10-11-32-23(29)26-16/h2-13,25H,14H2,1H3. The van der Waals surface area contributed by atoms with Crippen LogP contribution in [-0.4, -0.2) is 29.1 Å². The molecular weight excluding hydrogens is 452 g/mol. The minimum absolute atomic E-state index is 0.0725. The number of thiazole rings is 1. The van der Waals surface area contributed by atoms with Gasteiger partial charge in [-0.2, -0.15) is 0 Å². The van der Waals surface area contributed by atoms with E-state index in [0.29, 0.717) is 10.7 Å². The van der Waals surface area contributed by atoms with Crippen molar-refractivity contribution < 1.29 is 0 Å². The van der Waals surface area contributed by atoms with E-state index in [4.69, 9.17) is 0 Å². The van der Waals surface area contributed by atoms with Gasteiger partial charge < -0.3 is 4.98 Å². The van der Waals surface area contributed by atoms with Crippen molar-refractivity contribution in [3.8, 4) is 17.1 Å². The van der Waals surface area contributed by atoms with E-state index in [9.17, 15) is 4.79 Å². The first-order valence-corrected chi connectivity index (χ1v) is 12.2. The molecule has 0 radical (unpaired) electrons. The smallest absolute Gasteiger partial charge is 0.258 e. The Kier molecular flexibility index (Phi) is 4.85. The normalized spacial score (nSPS) is 11.5. The number of aromatic amines is 1. The molecular formula is C24H18N6OS2. The Morgan fingerprint density at radius 1 is 1.09 bits per heavy atom. The first-order valence-electron chi connectivity index (χ1n) is 10.4. The summed E-state index contributed by atoms with van der Waals surface area (Å²) in [7, 11) is 0. The van der Waals surface area contributed by atoms with E-state index < -0.39 is 0 Å². The maximum Gasteiger partial charge on any atom is 0.258 e. The minimum atomic E-state index is -0.0725. The molecule has 9 heteroatoms. The van der Waals surface area contributed by atoms with Gasteiger partial charge in [0.15, 0.2) is 15.9 Å². The Labute approximate surface area is 196 Å². The second-order valence-electron chi connectivity index (χ2n) is 7.61. The summed E-state index contributed by atoms with van der Waals surface area (Å²) in [5.41, 5.74) is 4.83. The first kappa shape index (κ1) is 20.0. The van der Waals surface area contributed by atoms with Gasteiger partial charge in [-0.1, -0.05) is 48.2 Å². The summed E-state index contributed by atoms with van der Waals surface area (Å²) < 4.78 is 3.65. The van der Waals surface area contributed by atoms with Crippen LogP contribution < -0.4 is 5.56 Å². The summed E-state index contributed by atoms with van der Waals surface area (Å²) in [4.78, 5) is 21.0. The second kappa shape index (κ2) is 8.02. The van der Waals surface area contributed by atoms with Crippen LogP contribution in [0.5, 0.6) is 0 Å². The van der Waals surface area contributed by atoms with Gasteiger partial charge in [0.1, 0.15) is 0 Å². The molecule has 1 N–H and O–H groups in total.